The second-order valence-corrected chi connectivity index (χ2v) is 5.84. The highest BCUT2D eigenvalue weighted by Crippen LogP contribution is 2.25. The van der Waals surface area contributed by atoms with Crippen molar-refractivity contribution >= 4 is 29.1 Å². The smallest absolute Gasteiger partial charge is 0.240 e. The Morgan fingerprint density at radius 3 is 2.47 bits per heavy atom. The molecule has 0 saturated heterocycles. The fourth-order valence-electron chi connectivity index (χ4n) is 1.76. The summed E-state index contributed by atoms with van der Waals surface area (Å²) in [6.07, 6.45) is 0. The van der Waals surface area contributed by atoms with Crippen LogP contribution in [0.2, 0.25) is 10.0 Å². The van der Waals surface area contributed by atoms with Crippen molar-refractivity contribution in [3.05, 3.63) is 33.8 Å². The van der Waals surface area contributed by atoms with E-state index in [4.69, 9.17) is 23.2 Å². The molecule has 0 spiro atoms. The molecule has 19 heavy (non-hydrogen) atoms. The van der Waals surface area contributed by atoms with Crippen LogP contribution < -0.4 is 10.6 Å². The number of benzene rings is 1. The average Bonchev–Trinajstić information content (AvgIpc) is 2.32. The molecule has 1 atom stereocenters. The van der Waals surface area contributed by atoms with Gasteiger partial charge in [0.2, 0.25) is 5.91 Å². The molecule has 0 aliphatic rings. The van der Waals surface area contributed by atoms with Gasteiger partial charge in [0.05, 0.1) is 21.6 Å². The van der Waals surface area contributed by atoms with Gasteiger partial charge >= 0.3 is 0 Å². The van der Waals surface area contributed by atoms with Crippen LogP contribution in [0.15, 0.2) is 18.2 Å². The summed E-state index contributed by atoms with van der Waals surface area (Å²) in [6, 6.07) is 5.24. The lowest BCUT2D eigenvalue weighted by atomic mass is 10.0. The summed E-state index contributed by atoms with van der Waals surface area (Å²) >= 11 is 11.9. The number of nitrogens with one attached hydrogen (secondary N) is 2. The summed E-state index contributed by atoms with van der Waals surface area (Å²) in [5, 5.41) is 7.11. The summed E-state index contributed by atoms with van der Waals surface area (Å²) in [6.45, 7) is 8.33. The first kappa shape index (κ1) is 16.3. The minimum absolute atomic E-state index is 0.0482. The number of hydrogen-bond acceptors (Lipinski definition) is 2. The van der Waals surface area contributed by atoms with Crippen LogP contribution in [0.25, 0.3) is 0 Å². The van der Waals surface area contributed by atoms with E-state index in [1.807, 2.05) is 33.8 Å². The van der Waals surface area contributed by atoms with E-state index >= 15 is 0 Å². The summed E-state index contributed by atoms with van der Waals surface area (Å²) in [7, 11) is 0. The van der Waals surface area contributed by atoms with Crippen LogP contribution in [0.3, 0.4) is 0 Å². The minimum Gasteiger partial charge on any atom is -0.348 e. The molecular formula is C14H20Cl2N2O. The van der Waals surface area contributed by atoms with E-state index in [9.17, 15) is 4.79 Å². The molecule has 0 heterocycles. The molecule has 1 amide bonds. The number of carbonyl (C=O) groups excluding carboxylic acids is 1. The fraction of sp³-hybridized carbons (Fsp3) is 0.500. The summed E-state index contributed by atoms with van der Waals surface area (Å²) in [5.74, 6) is -0.0482. The third kappa shape index (κ3) is 4.37. The number of amides is 1. The number of hydrogen-bond donors (Lipinski definition) is 2. The lowest BCUT2D eigenvalue weighted by Gasteiger charge is -2.27. The van der Waals surface area contributed by atoms with Gasteiger partial charge in [-0.1, -0.05) is 36.2 Å². The van der Waals surface area contributed by atoms with Crippen LogP contribution >= 0.6 is 23.2 Å². The molecule has 0 saturated carbocycles. The Balaban J connectivity index is 2.76. The number of likely N-dealkylation sites (N-methyl/N-ethyl adjacent to an activating group) is 1. The Morgan fingerprint density at radius 2 is 1.95 bits per heavy atom. The third-order valence-corrected chi connectivity index (χ3v) is 3.72. The first-order valence-corrected chi connectivity index (χ1v) is 7.04. The monoisotopic (exact) mass is 302 g/mol. The van der Waals surface area contributed by atoms with Gasteiger partial charge in [-0.2, -0.15) is 0 Å². The molecule has 3 nitrogen and oxygen atoms in total. The maximum absolute atomic E-state index is 12.2. The van der Waals surface area contributed by atoms with Gasteiger partial charge in [-0.25, -0.2) is 0 Å². The average molecular weight is 303 g/mol. The SMILES string of the molecule is CCNC(C)(C)C(=O)NC(C)c1ccc(Cl)c(Cl)c1. The van der Waals surface area contributed by atoms with E-state index in [0.717, 1.165) is 12.1 Å². The van der Waals surface area contributed by atoms with Crippen LogP contribution in [0, 0.1) is 0 Å². The molecule has 2 N–H and O–H groups in total. The Labute approximate surface area is 124 Å². The van der Waals surface area contributed by atoms with Crippen molar-refractivity contribution in [2.75, 3.05) is 6.54 Å². The van der Waals surface area contributed by atoms with Crippen LogP contribution in [0.5, 0.6) is 0 Å². The van der Waals surface area contributed by atoms with Crippen LogP contribution in [-0.4, -0.2) is 18.0 Å². The van der Waals surface area contributed by atoms with Crippen LogP contribution in [0.4, 0.5) is 0 Å². The Bertz CT molecular complexity index is 461. The van der Waals surface area contributed by atoms with Gasteiger partial charge in [-0.15, -0.1) is 0 Å². The standard InChI is InChI=1S/C14H20Cl2N2O/c1-5-17-14(3,4)13(19)18-9(2)10-6-7-11(15)12(16)8-10/h6-9,17H,5H2,1-4H3,(H,18,19). The molecule has 1 unspecified atom stereocenters. The third-order valence-electron chi connectivity index (χ3n) is 2.98. The zero-order valence-electron chi connectivity index (χ0n) is 11.7. The minimum atomic E-state index is -0.598. The normalized spacial score (nSPS) is 13.2. The van der Waals surface area contributed by atoms with Crippen LogP contribution in [0.1, 0.15) is 39.3 Å². The van der Waals surface area contributed by atoms with Gasteiger partial charge in [0.25, 0.3) is 0 Å². The Morgan fingerprint density at radius 1 is 1.32 bits per heavy atom. The summed E-state index contributed by atoms with van der Waals surface area (Å²) in [4.78, 5) is 12.2. The molecule has 0 aliphatic heterocycles. The zero-order chi connectivity index (χ0) is 14.6. The van der Waals surface area contributed by atoms with E-state index in [-0.39, 0.29) is 11.9 Å². The first-order chi connectivity index (χ1) is 8.77. The van der Waals surface area contributed by atoms with Crippen molar-refractivity contribution in [3.8, 4) is 0 Å². The lowest BCUT2D eigenvalue weighted by Crippen LogP contribution is -2.52. The van der Waals surface area contributed by atoms with Crippen molar-refractivity contribution in [2.24, 2.45) is 0 Å². The van der Waals surface area contributed by atoms with Gasteiger partial charge < -0.3 is 10.6 Å². The molecule has 0 fully saturated rings. The van der Waals surface area contributed by atoms with Crippen molar-refractivity contribution < 1.29 is 4.79 Å². The van der Waals surface area contributed by atoms with E-state index in [1.165, 1.54) is 0 Å². The predicted octanol–water partition coefficient (Wildman–Crippen LogP) is 3.56. The quantitative estimate of drug-likeness (QED) is 0.873. The van der Waals surface area contributed by atoms with Crippen molar-refractivity contribution in [1.29, 1.82) is 0 Å². The highest BCUT2D eigenvalue weighted by Gasteiger charge is 2.27. The molecule has 1 aromatic carbocycles. The molecule has 106 valence electrons. The highest BCUT2D eigenvalue weighted by atomic mass is 35.5. The van der Waals surface area contributed by atoms with Crippen LogP contribution in [-0.2, 0) is 4.79 Å². The van der Waals surface area contributed by atoms with E-state index in [1.54, 1.807) is 12.1 Å². The Kier molecular flexibility index (Phi) is 5.65. The molecule has 0 aliphatic carbocycles. The number of carbonyl (C=O) groups is 1. The summed E-state index contributed by atoms with van der Waals surface area (Å²) < 4.78 is 0. The molecule has 1 aromatic rings. The topological polar surface area (TPSA) is 41.1 Å². The van der Waals surface area contributed by atoms with E-state index in [2.05, 4.69) is 10.6 Å². The summed E-state index contributed by atoms with van der Waals surface area (Å²) in [5.41, 5.74) is 0.328. The number of rotatable bonds is 5. The molecule has 0 radical (unpaired) electrons. The van der Waals surface area contributed by atoms with E-state index < -0.39 is 5.54 Å². The van der Waals surface area contributed by atoms with E-state index in [0.29, 0.717) is 10.0 Å². The molecular weight excluding hydrogens is 283 g/mol. The lowest BCUT2D eigenvalue weighted by molar-refractivity contribution is -0.127. The molecule has 0 aromatic heterocycles. The first-order valence-electron chi connectivity index (χ1n) is 6.29. The largest absolute Gasteiger partial charge is 0.348 e. The van der Waals surface area contributed by atoms with Crippen molar-refractivity contribution in [1.82, 2.24) is 10.6 Å². The zero-order valence-corrected chi connectivity index (χ0v) is 13.2. The maximum atomic E-state index is 12.2. The molecule has 1 rings (SSSR count). The fourth-order valence-corrected chi connectivity index (χ4v) is 2.07. The second-order valence-electron chi connectivity index (χ2n) is 5.02. The second kappa shape index (κ2) is 6.60. The molecule has 5 heteroatoms. The van der Waals surface area contributed by atoms with Gasteiger partial charge in [0.15, 0.2) is 0 Å². The van der Waals surface area contributed by atoms with Gasteiger partial charge in [-0.3, -0.25) is 4.79 Å². The van der Waals surface area contributed by atoms with Crippen molar-refractivity contribution in [2.45, 2.75) is 39.3 Å². The maximum Gasteiger partial charge on any atom is 0.240 e. The van der Waals surface area contributed by atoms with Gasteiger partial charge in [-0.05, 0) is 45.0 Å². The number of halogens is 2. The highest BCUT2D eigenvalue weighted by molar-refractivity contribution is 6.42. The predicted molar refractivity (Wildman–Crippen MR) is 80.8 cm³/mol. The van der Waals surface area contributed by atoms with Gasteiger partial charge in [0, 0.05) is 0 Å². The Hall–Kier alpha value is -0.770. The van der Waals surface area contributed by atoms with Gasteiger partial charge in [0.1, 0.15) is 0 Å². The molecule has 0 bridgehead atoms. The van der Waals surface area contributed by atoms with Crippen molar-refractivity contribution in [3.63, 3.8) is 0 Å².